The third-order valence-corrected chi connectivity index (χ3v) is 7.85. The van der Waals surface area contributed by atoms with Gasteiger partial charge in [0.1, 0.15) is 5.60 Å². The van der Waals surface area contributed by atoms with Crippen LogP contribution < -0.4 is 9.47 Å². The molecule has 0 unspecified atom stereocenters. The van der Waals surface area contributed by atoms with E-state index in [0.29, 0.717) is 23.6 Å². The smallest absolute Gasteiger partial charge is 0.321 e. The van der Waals surface area contributed by atoms with Gasteiger partial charge in [-0.3, -0.25) is 14.6 Å². The Morgan fingerprint density at radius 2 is 1.51 bits per heavy atom. The summed E-state index contributed by atoms with van der Waals surface area (Å²) in [6.45, 7) is 0.767. The number of fused-ring (bicyclic) bond motifs is 1. The van der Waals surface area contributed by atoms with Crippen LogP contribution in [0.1, 0.15) is 35.4 Å². The van der Waals surface area contributed by atoms with Crippen molar-refractivity contribution in [3.05, 3.63) is 95.6 Å². The van der Waals surface area contributed by atoms with Gasteiger partial charge in [0.05, 0.1) is 20.3 Å². The van der Waals surface area contributed by atoms with E-state index in [4.69, 9.17) is 28.8 Å². The van der Waals surface area contributed by atoms with Gasteiger partial charge >= 0.3 is 11.9 Å². The van der Waals surface area contributed by atoms with E-state index in [1.54, 1.807) is 31.5 Å². The molecule has 3 aromatic carbocycles. The number of nitrogens with zero attached hydrogens (tertiary/aromatic N) is 2. The van der Waals surface area contributed by atoms with Crippen LogP contribution in [0, 0.1) is 5.92 Å². The summed E-state index contributed by atoms with van der Waals surface area (Å²) in [4.78, 5) is 25.8. The van der Waals surface area contributed by atoms with E-state index < -0.39 is 29.4 Å². The van der Waals surface area contributed by atoms with Crippen molar-refractivity contribution in [1.82, 2.24) is 5.01 Å². The van der Waals surface area contributed by atoms with Crippen molar-refractivity contribution in [3.63, 3.8) is 0 Å². The molecule has 2 aliphatic heterocycles. The first-order chi connectivity index (χ1) is 20.0. The molecule has 1 fully saturated rings. The van der Waals surface area contributed by atoms with E-state index in [-0.39, 0.29) is 12.8 Å². The molecule has 0 saturated carbocycles. The molecule has 2 aliphatic rings. The number of methoxy groups -OCH3 is 3. The second-order valence-electron chi connectivity index (χ2n) is 9.92. The van der Waals surface area contributed by atoms with E-state index >= 15 is 0 Å². The van der Waals surface area contributed by atoms with Crippen LogP contribution in [0.5, 0.6) is 11.5 Å². The first-order valence-corrected chi connectivity index (χ1v) is 13.6. The molecule has 0 aromatic heterocycles. The highest BCUT2D eigenvalue weighted by atomic mass is 16.7. The summed E-state index contributed by atoms with van der Waals surface area (Å²) in [6.07, 6.45) is 3.34. The second-order valence-corrected chi connectivity index (χ2v) is 9.92. The lowest BCUT2D eigenvalue weighted by atomic mass is 9.79. The molecule has 0 spiro atoms. The molecule has 9 nitrogen and oxygen atoms in total. The molecule has 0 N–H and O–H groups in total. The lowest BCUT2D eigenvalue weighted by Gasteiger charge is -2.42. The SMILES string of the molecule is COC(=O)C(C(=O)OC)[C@H](/C=N/N1CCC[C@H]1C(OC)(c1ccccc1)c1ccccc1)c1ccc2c(c1)OCO2. The Bertz CT molecular complexity index is 1320. The van der Waals surface area contributed by atoms with E-state index in [0.717, 1.165) is 24.0 Å². The molecule has 0 radical (unpaired) electrons. The number of esters is 2. The third kappa shape index (κ3) is 5.37. The number of benzene rings is 3. The van der Waals surface area contributed by atoms with Gasteiger partial charge in [-0.15, -0.1) is 0 Å². The molecule has 2 atom stereocenters. The summed E-state index contributed by atoms with van der Waals surface area (Å²) in [6, 6.07) is 25.4. The fourth-order valence-corrected chi connectivity index (χ4v) is 5.88. The van der Waals surface area contributed by atoms with Crippen molar-refractivity contribution in [3.8, 4) is 11.5 Å². The highest BCUT2D eigenvalue weighted by Crippen LogP contribution is 2.43. The number of rotatable bonds is 10. The van der Waals surface area contributed by atoms with Crippen molar-refractivity contribution in [2.24, 2.45) is 11.0 Å². The predicted octanol–water partition coefficient (Wildman–Crippen LogP) is 4.50. The molecule has 1 saturated heterocycles. The van der Waals surface area contributed by atoms with Crippen LogP contribution in [-0.4, -0.2) is 63.9 Å². The molecular weight excluding hydrogens is 524 g/mol. The lowest BCUT2D eigenvalue weighted by Crippen LogP contribution is -2.48. The Hall–Kier alpha value is -4.37. The molecule has 0 amide bonds. The first-order valence-electron chi connectivity index (χ1n) is 13.6. The minimum atomic E-state index is -1.27. The van der Waals surface area contributed by atoms with Crippen LogP contribution in [-0.2, 0) is 29.4 Å². The van der Waals surface area contributed by atoms with Crippen molar-refractivity contribution in [2.45, 2.75) is 30.4 Å². The summed E-state index contributed by atoms with van der Waals surface area (Å²) in [7, 11) is 4.21. The van der Waals surface area contributed by atoms with E-state index in [1.165, 1.54) is 14.2 Å². The maximum absolute atomic E-state index is 12.9. The third-order valence-electron chi connectivity index (χ3n) is 7.85. The predicted molar refractivity (Wildman–Crippen MR) is 152 cm³/mol. The van der Waals surface area contributed by atoms with Crippen LogP contribution in [0.3, 0.4) is 0 Å². The van der Waals surface area contributed by atoms with Gasteiger partial charge in [-0.05, 0) is 41.7 Å². The zero-order chi connectivity index (χ0) is 28.8. The molecule has 2 heterocycles. The zero-order valence-corrected chi connectivity index (χ0v) is 23.4. The van der Waals surface area contributed by atoms with E-state index in [1.807, 2.05) is 41.4 Å². The van der Waals surface area contributed by atoms with E-state index in [9.17, 15) is 9.59 Å². The lowest BCUT2D eigenvalue weighted by molar-refractivity contribution is -0.159. The van der Waals surface area contributed by atoms with Crippen LogP contribution in [0.2, 0.25) is 0 Å². The summed E-state index contributed by atoms with van der Waals surface area (Å²) in [5, 5.41) is 6.93. The Morgan fingerprint density at radius 1 is 0.902 bits per heavy atom. The van der Waals surface area contributed by atoms with Crippen LogP contribution >= 0.6 is 0 Å². The van der Waals surface area contributed by atoms with Gasteiger partial charge in [0, 0.05) is 25.8 Å². The highest BCUT2D eigenvalue weighted by Gasteiger charge is 2.47. The first kappa shape index (κ1) is 28.2. The maximum atomic E-state index is 12.9. The van der Waals surface area contributed by atoms with E-state index in [2.05, 4.69) is 24.3 Å². The number of carbonyl (C=O) groups excluding carboxylic acids is 2. The van der Waals surface area contributed by atoms with Gasteiger partial charge in [0.25, 0.3) is 0 Å². The highest BCUT2D eigenvalue weighted by molar-refractivity contribution is 5.99. The molecule has 214 valence electrons. The average molecular weight is 559 g/mol. The Labute approximate surface area is 239 Å². The summed E-state index contributed by atoms with van der Waals surface area (Å²) in [5.74, 6) is -2.39. The Morgan fingerprint density at radius 3 is 2.10 bits per heavy atom. The Balaban J connectivity index is 1.57. The molecule has 9 heteroatoms. The van der Waals surface area contributed by atoms with Gasteiger partial charge in [-0.2, -0.15) is 5.10 Å². The molecule has 5 rings (SSSR count). The quantitative estimate of drug-likeness (QED) is 0.204. The number of hydrogen-bond donors (Lipinski definition) is 0. The molecule has 0 aliphatic carbocycles. The second kappa shape index (κ2) is 12.4. The van der Waals surface area contributed by atoms with Crippen molar-refractivity contribution >= 4 is 18.2 Å². The summed E-state index contributed by atoms with van der Waals surface area (Å²) >= 11 is 0. The minimum absolute atomic E-state index is 0.0997. The van der Waals surface area contributed by atoms with Gasteiger partial charge in [-0.25, -0.2) is 0 Å². The number of hydrazone groups is 1. The largest absolute Gasteiger partial charge is 0.468 e. The van der Waals surface area contributed by atoms with Gasteiger partial charge in [0.2, 0.25) is 6.79 Å². The summed E-state index contributed by atoms with van der Waals surface area (Å²) in [5.41, 5.74) is 1.85. The minimum Gasteiger partial charge on any atom is -0.468 e. The van der Waals surface area contributed by atoms with Gasteiger partial charge < -0.3 is 23.7 Å². The maximum Gasteiger partial charge on any atom is 0.321 e. The van der Waals surface area contributed by atoms with Crippen LogP contribution in [0.15, 0.2) is 84.0 Å². The topological polar surface area (TPSA) is 95.9 Å². The zero-order valence-electron chi connectivity index (χ0n) is 23.4. The molecule has 0 bridgehead atoms. The Kier molecular flexibility index (Phi) is 8.54. The fourth-order valence-electron chi connectivity index (χ4n) is 5.88. The number of carbonyl (C=O) groups is 2. The molecular formula is C32H34N2O7. The van der Waals surface area contributed by atoms with Crippen molar-refractivity contribution in [2.75, 3.05) is 34.7 Å². The monoisotopic (exact) mass is 558 g/mol. The standard InChI is InChI=1S/C32H34N2O7/c1-37-30(35)29(31(36)38-2)25(22-16-17-26-27(19-22)41-21-40-26)20-33-34-18-10-15-28(34)32(39-3,23-11-6-4-7-12-23)24-13-8-5-9-14-24/h4-9,11-14,16-17,19-20,25,28-29H,10,15,18,21H2,1-3H3/b33-20+/t25-,28+/m1/s1. The van der Waals surface area contributed by atoms with Crippen molar-refractivity contribution < 1.29 is 33.3 Å². The normalized spacial score (nSPS) is 17.2. The summed E-state index contributed by atoms with van der Waals surface area (Å²) < 4.78 is 27.5. The average Bonchev–Trinajstić information content (AvgIpc) is 3.70. The molecule has 3 aromatic rings. The fraction of sp³-hybridized carbons (Fsp3) is 0.344. The number of ether oxygens (including phenoxy) is 5. The van der Waals surface area contributed by atoms with Gasteiger partial charge in [-0.1, -0.05) is 66.7 Å². The molecule has 41 heavy (non-hydrogen) atoms. The van der Waals surface area contributed by atoms with Crippen molar-refractivity contribution in [1.29, 1.82) is 0 Å². The van der Waals surface area contributed by atoms with Gasteiger partial charge in [0.15, 0.2) is 17.4 Å². The van der Waals surface area contributed by atoms with Crippen LogP contribution in [0.25, 0.3) is 0 Å². The number of hydrogen-bond acceptors (Lipinski definition) is 9. The van der Waals surface area contributed by atoms with Crippen LogP contribution in [0.4, 0.5) is 0 Å².